The largest absolute Gasteiger partial charge is 0.265 e. The van der Waals surface area contributed by atoms with E-state index < -0.39 is 0 Å². The average molecular weight is 601 g/mol. The minimum atomic E-state index is 0.860. The lowest BCUT2D eigenvalue weighted by Gasteiger charge is -2.18. The number of pyridine rings is 1. The van der Waals surface area contributed by atoms with Crippen LogP contribution in [0.3, 0.4) is 0 Å². The van der Waals surface area contributed by atoms with Crippen molar-refractivity contribution in [3.05, 3.63) is 170 Å². The highest BCUT2D eigenvalue weighted by Gasteiger charge is 2.16. The topological polar surface area (TPSA) is 43.6 Å². The summed E-state index contributed by atoms with van der Waals surface area (Å²) in [6.07, 6.45) is 3.62. The molecule has 4 heteroatoms. The molecule has 9 aromatic rings. The summed E-state index contributed by atoms with van der Waals surface area (Å²) in [5.41, 5.74) is 12.1. The first-order valence-electron chi connectivity index (χ1n) is 15.8. The minimum Gasteiger partial charge on any atom is -0.265 e. The molecule has 0 aliphatic heterocycles. The zero-order chi connectivity index (χ0) is 31.2. The van der Waals surface area contributed by atoms with E-state index in [2.05, 4.69) is 138 Å². The standard InChI is InChI=1S/C43H28N4/c1-2-8-32(9-3-1)42-36-10-4-6-12-38(36)43(39-13-7-5-11-37(39)42)33-16-14-30(15-17-33)34-20-23-40-41(28-34)46-47(45-40)35-21-18-29(19-22-35)31-24-26-44-27-25-31/h1-28H. The fraction of sp³-hybridized carbons (Fsp3) is 0. The summed E-state index contributed by atoms with van der Waals surface area (Å²) < 4.78 is 0. The quantitative estimate of drug-likeness (QED) is 0.185. The predicted molar refractivity (Wildman–Crippen MR) is 193 cm³/mol. The van der Waals surface area contributed by atoms with E-state index in [1.54, 1.807) is 4.80 Å². The second-order valence-corrected chi connectivity index (χ2v) is 11.8. The minimum absolute atomic E-state index is 0.860. The van der Waals surface area contributed by atoms with Crippen molar-refractivity contribution in [1.29, 1.82) is 0 Å². The van der Waals surface area contributed by atoms with E-state index in [-0.39, 0.29) is 0 Å². The van der Waals surface area contributed by atoms with Crippen LogP contribution in [0.1, 0.15) is 0 Å². The molecular weight excluding hydrogens is 573 g/mol. The molecule has 0 saturated carbocycles. The van der Waals surface area contributed by atoms with E-state index in [4.69, 9.17) is 10.2 Å². The van der Waals surface area contributed by atoms with Gasteiger partial charge in [0.05, 0.1) is 5.69 Å². The Morgan fingerprint density at radius 2 is 0.787 bits per heavy atom. The van der Waals surface area contributed by atoms with Gasteiger partial charge in [-0.15, -0.1) is 10.2 Å². The molecule has 0 atom stereocenters. The fourth-order valence-corrected chi connectivity index (χ4v) is 6.73. The average Bonchev–Trinajstić information content (AvgIpc) is 3.58. The molecule has 0 N–H and O–H groups in total. The summed E-state index contributed by atoms with van der Waals surface area (Å²) in [7, 11) is 0. The molecule has 2 aromatic heterocycles. The summed E-state index contributed by atoms with van der Waals surface area (Å²) >= 11 is 0. The van der Waals surface area contributed by atoms with Crippen LogP contribution >= 0.6 is 0 Å². The number of benzene rings is 7. The van der Waals surface area contributed by atoms with Gasteiger partial charge < -0.3 is 0 Å². The highest BCUT2D eigenvalue weighted by molar-refractivity contribution is 6.21. The van der Waals surface area contributed by atoms with Gasteiger partial charge in [-0.05, 0) is 102 Å². The number of nitrogens with zero attached hydrogens (tertiary/aromatic N) is 4. The summed E-state index contributed by atoms with van der Waals surface area (Å²) in [6, 6.07) is 55.8. The van der Waals surface area contributed by atoms with E-state index in [9.17, 15) is 0 Å². The Morgan fingerprint density at radius 3 is 1.40 bits per heavy atom. The van der Waals surface area contributed by atoms with Gasteiger partial charge in [-0.2, -0.15) is 4.80 Å². The Kier molecular flexibility index (Phi) is 6.43. The van der Waals surface area contributed by atoms with Crippen LogP contribution in [0.15, 0.2) is 170 Å². The smallest absolute Gasteiger partial charge is 0.114 e. The Morgan fingerprint density at radius 1 is 0.340 bits per heavy atom. The van der Waals surface area contributed by atoms with Crippen LogP contribution in [0.5, 0.6) is 0 Å². The van der Waals surface area contributed by atoms with Crippen LogP contribution in [-0.2, 0) is 0 Å². The maximum Gasteiger partial charge on any atom is 0.114 e. The highest BCUT2D eigenvalue weighted by atomic mass is 15.5. The Bertz CT molecular complexity index is 2480. The summed E-state index contributed by atoms with van der Waals surface area (Å²) in [4.78, 5) is 5.83. The Hall–Kier alpha value is -6.39. The summed E-state index contributed by atoms with van der Waals surface area (Å²) in [5, 5.41) is 14.6. The van der Waals surface area contributed by atoms with Crippen LogP contribution in [0.2, 0.25) is 0 Å². The molecule has 47 heavy (non-hydrogen) atoms. The van der Waals surface area contributed by atoms with Crippen molar-refractivity contribution in [3.8, 4) is 50.2 Å². The highest BCUT2D eigenvalue weighted by Crippen LogP contribution is 2.43. The number of aromatic nitrogens is 4. The maximum atomic E-state index is 4.83. The van der Waals surface area contributed by atoms with Gasteiger partial charge in [-0.3, -0.25) is 4.98 Å². The van der Waals surface area contributed by atoms with Crippen molar-refractivity contribution in [2.75, 3.05) is 0 Å². The van der Waals surface area contributed by atoms with E-state index in [1.165, 1.54) is 43.8 Å². The molecule has 0 bridgehead atoms. The van der Waals surface area contributed by atoms with Gasteiger partial charge in [0.2, 0.25) is 0 Å². The molecule has 2 heterocycles. The first-order valence-corrected chi connectivity index (χ1v) is 15.8. The molecule has 0 saturated heterocycles. The first-order chi connectivity index (χ1) is 23.3. The molecule has 9 rings (SSSR count). The maximum absolute atomic E-state index is 4.83. The predicted octanol–water partition coefficient (Wildman–Crippen LogP) is 10.8. The lowest BCUT2D eigenvalue weighted by atomic mass is 9.86. The number of hydrogen-bond acceptors (Lipinski definition) is 3. The van der Waals surface area contributed by atoms with Crippen molar-refractivity contribution >= 4 is 32.6 Å². The van der Waals surface area contributed by atoms with Crippen LogP contribution in [0.25, 0.3) is 82.8 Å². The second-order valence-electron chi connectivity index (χ2n) is 11.8. The zero-order valence-electron chi connectivity index (χ0n) is 25.5. The van der Waals surface area contributed by atoms with E-state index >= 15 is 0 Å². The molecule has 0 fully saturated rings. The van der Waals surface area contributed by atoms with Crippen LogP contribution in [0, 0.1) is 0 Å². The molecule has 0 unspecified atom stereocenters. The molecule has 220 valence electrons. The molecule has 0 amide bonds. The molecular formula is C43H28N4. The summed E-state index contributed by atoms with van der Waals surface area (Å²) in [5.74, 6) is 0. The lowest BCUT2D eigenvalue weighted by Crippen LogP contribution is -1.97. The van der Waals surface area contributed by atoms with Crippen molar-refractivity contribution in [2.45, 2.75) is 0 Å². The molecule has 0 radical (unpaired) electrons. The normalized spacial score (nSPS) is 11.4. The second kappa shape index (κ2) is 11.2. The van der Waals surface area contributed by atoms with E-state index in [0.717, 1.165) is 39.0 Å². The number of fused-ring (bicyclic) bond motifs is 3. The van der Waals surface area contributed by atoms with Crippen LogP contribution in [0.4, 0.5) is 0 Å². The van der Waals surface area contributed by atoms with Gasteiger partial charge in [0, 0.05) is 12.4 Å². The third-order valence-electron chi connectivity index (χ3n) is 8.99. The van der Waals surface area contributed by atoms with Gasteiger partial charge in [0.15, 0.2) is 0 Å². The lowest BCUT2D eigenvalue weighted by molar-refractivity contribution is 0.766. The van der Waals surface area contributed by atoms with Gasteiger partial charge in [0.1, 0.15) is 11.0 Å². The van der Waals surface area contributed by atoms with Gasteiger partial charge in [0.25, 0.3) is 0 Å². The molecule has 0 spiro atoms. The molecule has 0 aliphatic carbocycles. The third kappa shape index (κ3) is 4.75. The molecule has 0 aliphatic rings. The SMILES string of the molecule is c1ccc(-c2c3ccccc3c(-c3ccc(-c4ccc5nn(-c6ccc(-c7ccncc7)cc6)nc5c4)cc3)c3ccccc23)cc1. The fourth-order valence-electron chi connectivity index (χ4n) is 6.73. The van der Waals surface area contributed by atoms with E-state index in [0.29, 0.717) is 0 Å². The van der Waals surface area contributed by atoms with Crippen molar-refractivity contribution < 1.29 is 0 Å². The first kappa shape index (κ1) is 27.0. The Balaban J connectivity index is 1.08. The number of hydrogen-bond donors (Lipinski definition) is 0. The molecule has 4 nitrogen and oxygen atoms in total. The Labute approximate surface area is 272 Å². The summed E-state index contributed by atoms with van der Waals surface area (Å²) in [6.45, 7) is 0. The van der Waals surface area contributed by atoms with E-state index in [1.807, 2.05) is 36.7 Å². The van der Waals surface area contributed by atoms with Crippen molar-refractivity contribution in [2.24, 2.45) is 0 Å². The molecule has 7 aromatic carbocycles. The van der Waals surface area contributed by atoms with Gasteiger partial charge in [-0.25, -0.2) is 0 Å². The number of rotatable bonds is 5. The van der Waals surface area contributed by atoms with Crippen molar-refractivity contribution in [3.63, 3.8) is 0 Å². The van der Waals surface area contributed by atoms with Gasteiger partial charge in [-0.1, -0.05) is 121 Å². The monoisotopic (exact) mass is 600 g/mol. The zero-order valence-corrected chi connectivity index (χ0v) is 25.5. The van der Waals surface area contributed by atoms with Crippen molar-refractivity contribution in [1.82, 2.24) is 20.0 Å². The third-order valence-corrected chi connectivity index (χ3v) is 8.99. The van der Waals surface area contributed by atoms with Crippen LogP contribution in [-0.4, -0.2) is 20.0 Å². The van der Waals surface area contributed by atoms with Gasteiger partial charge >= 0.3 is 0 Å². The van der Waals surface area contributed by atoms with Crippen LogP contribution < -0.4 is 0 Å².